The van der Waals surface area contributed by atoms with Crippen molar-refractivity contribution < 1.29 is 9.90 Å². The summed E-state index contributed by atoms with van der Waals surface area (Å²) in [6.45, 7) is 8.13. The number of piperidine rings is 1. The summed E-state index contributed by atoms with van der Waals surface area (Å²) in [7, 11) is 0. The van der Waals surface area contributed by atoms with E-state index in [1.165, 1.54) is 0 Å². The molecule has 5 heteroatoms. The summed E-state index contributed by atoms with van der Waals surface area (Å²) in [5.41, 5.74) is 1.61. The van der Waals surface area contributed by atoms with Crippen molar-refractivity contribution in [2.24, 2.45) is 11.3 Å². The molecule has 3 unspecified atom stereocenters. The van der Waals surface area contributed by atoms with Gasteiger partial charge in [0.15, 0.2) is 0 Å². The van der Waals surface area contributed by atoms with Crippen LogP contribution in [-0.2, 0) is 4.79 Å². The SMILES string of the molecule is C=CCC1(C)CC(c2cccc(Cl)c2)C(c2ccc(Cl)cc2)N([C@@H](CC)C[C@H](O)C2CC2)C1=O. The molecule has 0 aromatic heterocycles. The lowest BCUT2D eigenvalue weighted by Crippen LogP contribution is -2.56. The van der Waals surface area contributed by atoms with E-state index < -0.39 is 5.41 Å². The number of benzene rings is 2. The first kappa shape index (κ1) is 25.3. The number of hydrogen-bond donors (Lipinski definition) is 1. The minimum atomic E-state index is -0.574. The molecule has 1 N–H and O–H groups in total. The third-order valence-electron chi connectivity index (χ3n) is 7.73. The smallest absolute Gasteiger partial charge is 0.229 e. The minimum Gasteiger partial charge on any atom is -0.393 e. The summed E-state index contributed by atoms with van der Waals surface area (Å²) < 4.78 is 0. The maximum absolute atomic E-state index is 14.2. The van der Waals surface area contributed by atoms with E-state index >= 15 is 0 Å². The lowest BCUT2D eigenvalue weighted by atomic mass is 9.67. The molecule has 182 valence electrons. The van der Waals surface area contributed by atoms with Gasteiger partial charge in [0.1, 0.15) is 0 Å². The van der Waals surface area contributed by atoms with Gasteiger partial charge in [0.25, 0.3) is 0 Å². The van der Waals surface area contributed by atoms with Gasteiger partial charge < -0.3 is 10.0 Å². The average Bonchev–Trinajstić information content (AvgIpc) is 3.66. The number of carbonyl (C=O) groups excluding carboxylic acids is 1. The van der Waals surface area contributed by atoms with E-state index in [1.54, 1.807) is 0 Å². The molecule has 2 aromatic rings. The molecule has 5 atom stereocenters. The van der Waals surface area contributed by atoms with Gasteiger partial charge in [-0.25, -0.2) is 0 Å². The number of likely N-dealkylation sites (tertiary alicyclic amines) is 1. The molecule has 1 saturated carbocycles. The van der Waals surface area contributed by atoms with Gasteiger partial charge in [-0.3, -0.25) is 4.79 Å². The van der Waals surface area contributed by atoms with Gasteiger partial charge >= 0.3 is 0 Å². The molecule has 2 aliphatic rings. The fourth-order valence-corrected chi connectivity index (χ4v) is 6.04. The van der Waals surface area contributed by atoms with E-state index in [0.29, 0.717) is 35.2 Å². The summed E-state index contributed by atoms with van der Waals surface area (Å²) >= 11 is 12.7. The van der Waals surface area contributed by atoms with Crippen molar-refractivity contribution in [3.05, 3.63) is 82.4 Å². The summed E-state index contributed by atoms with van der Waals surface area (Å²) in [6.07, 6.45) is 6.32. The Kier molecular flexibility index (Phi) is 7.76. The molecule has 1 heterocycles. The van der Waals surface area contributed by atoms with Crippen molar-refractivity contribution >= 4 is 29.1 Å². The molecule has 1 amide bonds. The van der Waals surface area contributed by atoms with E-state index in [9.17, 15) is 9.90 Å². The van der Waals surface area contributed by atoms with E-state index in [0.717, 1.165) is 30.4 Å². The highest BCUT2D eigenvalue weighted by atomic mass is 35.5. The van der Waals surface area contributed by atoms with E-state index in [2.05, 4.69) is 31.4 Å². The Morgan fingerprint density at radius 1 is 1.15 bits per heavy atom. The molecule has 2 aromatic carbocycles. The second kappa shape index (κ2) is 10.4. The van der Waals surface area contributed by atoms with Gasteiger partial charge in [-0.2, -0.15) is 0 Å². The van der Waals surface area contributed by atoms with Crippen LogP contribution < -0.4 is 0 Å². The first-order chi connectivity index (χ1) is 16.3. The third kappa shape index (κ3) is 5.22. The number of carbonyl (C=O) groups is 1. The largest absolute Gasteiger partial charge is 0.393 e. The van der Waals surface area contributed by atoms with Crippen molar-refractivity contribution in [3.8, 4) is 0 Å². The second-order valence-corrected chi connectivity index (χ2v) is 11.2. The highest BCUT2D eigenvalue weighted by Crippen LogP contribution is 2.53. The molecule has 0 radical (unpaired) electrons. The molecule has 1 saturated heterocycles. The van der Waals surface area contributed by atoms with Crippen LogP contribution in [0.5, 0.6) is 0 Å². The molecule has 0 bridgehead atoms. The van der Waals surface area contributed by atoms with E-state index in [4.69, 9.17) is 23.2 Å². The average molecular weight is 501 g/mol. The number of aliphatic hydroxyl groups excluding tert-OH is 1. The summed E-state index contributed by atoms with van der Waals surface area (Å²) in [4.78, 5) is 16.3. The fourth-order valence-electron chi connectivity index (χ4n) is 5.72. The zero-order chi connectivity index (χ0) is 24.5. The topological polar surface area (TPSA) is 40.5 Å². The Labute approximate surface area is 213 Å². The number of halogens is 2. The van der Waals surface area contributed by atoms with Crippen LogP contribution in [0.4, 0.5) is 0 Å². The number of nitrogens with zero attached hydrogens (tertiary/aromatic N) is 1. The molecule has 0 spiro atoms. The zero-order valence-electron chi connectivity index (χ0n) is 20.1. The normalized spacial score (nSPS) is 26.9. The Bertz CT molecular complexity index is 1020. The summed E-state index contributed by atoms with van der Waals surface area (Å²) in [5, 5.41) is 12.2. The van der Waals surface area contributed by atoms with Gasteiger partial charge in [0.2, 0.25) is 5.91 Å². The highest BCUT2D eigenvalue weighted by Gasteiger charge is 2.51. The van der Waals surface area contributed by atoms with Crippen molar-refractivity contribution in [2.75, 3.05) is 0 Å². The predicted molar refractivity (Wildman–Crippen MR) is 140 cm³/mol. The van der Waals surface area contributed by atoms with Crippen LogP contribution in [0.3, 0.4) is 0 Å². The van der Waals surface area contributed by atoms with Crippen LogP contribution in [0.15, 0.2) is 61.2 Å². The third-order valence-corrected chi connectivity index (χ3v) is 8.22. The highest BCUT2D eigenvalue weighted by molar-refractivity contribution is 6.30. The molecule has 1 aliphatic heterocycles. The Morgan fingerprint density at radius 2 is 1.85 bits per heavy atom. The molecular formula is C29H35Cl2NO2. The number of allylic oxidation sites excluding steroid dienone is 1. The summed E-state index contributed by atoms with van der Waals surface area (Å²) in [5.74, 6) is 0.557. The molecule has 1 aliphatic carbocycles. The van der Waals surface area contributed by atoms with Gasteiger partial charge in [-0.15, -0.1) is 6.58 Å². The van der Waals surface area contributed by atoms with Crippen LogP contribution >= 0.6 is 23.2 Å². The van der Waals surface area contributed by atoms with Crippen LogP contribution in [0, 0.1) is 11.3 Å². The molecule has 2 fully saturated rings. The standard InChI is InChI=1S/C29H35Cl2NO2/c1-4-15-29(3)18-25(21-7-6-8-23(31)16-21)27(20-11-13-22(30)14-12-20)32(28(29)34)24(5-2)17-26(33)19-9-10-19/h4,6-8,11-14,16,19,24-27,33H,1,5,9-10,15,17-18H2,2-3H3/t24-,25?,26-,27?,29?/m0/s1. The molecule has 3 nitrogen and oxygen atoms in total. The van der Waals surface area contributed by atoms with E-state index in [-0.39, 0.29) is 30.0 Å². The number of aliphatic hydroxyl groups is 1. The Hall–Kier alpha value is -1.81. The van der Waals surface area contributed by atoms with Crippen LogP contribution in [0.2, 0.25) is 10.0 Å². The van der Waals surface area contributed by atoms with Crippen LogP contribution in [0.1, 0.15) is 75.5 Å². The molecular weight excluding hydrogens is 465 g/mol. The maximum Gasteiger partial charge on any atom is 0.229 e. The van der Waals surface area contributed by atoms with Gasteiger partial charge in [-0.05, 0) is 79.8 Å². The Morgan fingerprint density at radius 3 is 2.44 bits per heavy atom. The predicted octanol–water partition coefficient (Wildman–Crippen LogP) is 7.57. The lowest BCUT2D eigenvalue weighted by molar-refractivity contribution is -0.155. The van der Waals surface area contributed by atoms with Crippen LogP contribution in [0.25, 0.3) is 0 Å². The number of hydrogen-bond acceptors (Lipinski definition) is 2. The zero-order valence-corrected chi connectivity index (χ0v) is 21.6. The van der Waals surface area contributed by atoms with Crippen LogP contribution in [-0.4, -0.2) is 28.1 Å². The fraction of sp³-hybridized carbons (Fsp3) is 0.483. The quantitative estimate of drug-likeness (QED) is 0.361. The monoisotopic (exact) mass is 499 g/mol. The first-order valence-corrected chi connectivity index (χ1v) is 13.2. The van der Waals surface area contributed by atoms with Gasteiger partial charge in [0.05, 0.1) is 17.6 Å². The molecule has 34 heavy (non-hydrogen) atoms. The van der Waals surface area contributed by atoms with Crippen molar-refractivity contribution in [2.45, 2.75) is 76.5 Å². The van der Waals surface area contributed by atoms with E-state index in [1.807, 2.05) is 48.5 Å². The Balaban J connectivity index is 1.85. The van der Waals surface area contributed by atoms with Crippen molar-refractivity contribution in [1.82, 2.24) is 4.90 Å². The van der Waals surface area contributed by atoms with Gasteiger partial charge in [-0.1, -0.05) is 67.4 Å². The minimum absolute atomic E-state index is 0.0506. The first-order valence-electron chi connectivity index (χ1n) is 12.4. The van der Waals surface area contributed by atoms with Crippen molar-refractivity contribution in [1.29, 1.82) is 0 Å². The summed E-state index contributed by atoms with van der Waals surface area (Å²) in [6, 6.07) is 15.6. The lowest BCUT2D eigenvalue weighted by Gasteiger charge is -2.52. The maximum atomic E-state index is 14.2. The number of amides is 1. The number of rotatable bonds is 9. The van der Waals surface area contributed by atoms with Gasteiger partial charge in [0, 0.05) is 22.0 Å². The van der Waals surface area contributed by atoms with Crippen molar-refractivity contribution in [3.63, 3.8) is 0 Å². The molecule has 4 rings (SSSR count). The second-order valence-electron chi connectivity index (χ2n) is 10.3.